The third-order valence-electron chi connectivity index (χ3n) is 4.49. The lowest BCUT2D eigenvalue weighted by Gasteiger charge is -2.31. The third-order valence-corrected chi connectivity index (χ3v) is 4.49. The molecule has 0 aliphatic carbocycles. The van der Waals surface area contributed by atoms with Gasteiger partial charge in [0, 0.05) is 32.3 Å². The van der Waals surface area contributed by atoms with Gasteiger partial charge in [-0.2, -0.15) is 4.98 Å². The number of nitrogens with zero attached hydrogens (tertiary/aromatic N) is 3. The summed E-state index contributed by atoms with van der Waals surface area (Å²) < 4.78 is 6.57. The Morgan fingerprint density at radius 1 is 1.47 bits per heavy atom. The number of carboxylic acid groups (broad SMARTS) is 1. The molecule has 1 amide bonds. The van der Waals surface area contributed by atoms with Gasteiger partial charge in [-0.1, -0.05) is 6.08 Å². The highest BCUT2D eigenvalue weighted by Crippen LogP contribution is 2.20. The van der Waals surface area contributed by atoms with Crippen molar-refractivity contribution in [3.8, 4) is 0 Å². The Hall–Kier alpha value is -3.45. The fraction of sp³-hybridized carbons (Fsp3) is 0.471. The first-order chi connectivity index (χ1) is 14.1. The molecule has 1 aromatic rings. The topological polar surface area (TPSA) is 216 Å². The SMILES string of the molecule is CN(CCC(N)CC(=O)N[C@H]1C=CC(n2ccc(N)nc2=O)O[C@@H]1C(=O)O)C(=N)N. The summed E-state index contributed by atoms with van der Waals surface area (Å²) in [6, 6.07) is -0.0702. The summed E-state index contributed by atoms with van der Waals surface area (Å²) in [6.45, 7) is 0.403. The molecular formula is C17H26N8O5. The van der Waals surface area contributed by atoms with E-state index in [1.165, 1.54) is 29.3 Å². The zero-order valence-electron chi connectivity index (χ0n) is 16.4. The Labute approximate surface area is 172 Å². The number of ether oxygens (including phenoxy) is 1. The highest BCUT2D eigenvalue weighted by atomic mass is 16.5. The van der Waals surface area contributed by atoms with E-state index < -0.39 is 42.0 Å². The Morgan fingerprint density at radius 2 is 2.17 bits per heavy atom. The number of nitrogens with one attached hydrogen (secondary N) is 2. The van der Waals surface area contributed by atoms with Gasteiger partial charge < -0.3 is 37.3 Å². The zero-order valence-corrected chi connectivity index (χ0v) is 16.4. The van der Waals surface area contributed by atoms with Gasteiger partial charge in [0.1, 0.15) is 5.82 Å². The second kappa shape index (κ2) is 9.84. The van der Waals surface area contributed by atoms with E-state index in [2.05, 4.69) is 10.3 Å². The van der Waals surface area contributed by atoms with E-state index in [1.807, 2.05) is 0 Å². The molecule has 9 N–H and O–H groups in total. The molecule has 2 unspecified atom stereocenters. The number of anilines is 1. The standard InChI is InChI=1S/C17H26N8O5/c1-24(16(20)21)6-4-9(18)8-12(26)22-10-2-3-13(30-14(10)15(27)28)25-7-5-11(19)23-17(25)29/h2-3,5,7,9-10,13-14H,4,6,8,18H2,1H3,(H3,20,21)(H,22,26)(H,27,28)(H2,19,23,29)/t9?,10-,13?,14-/m0/s1. The largest absolute Gasteiger partial charge is 0.479 e. The quantitative estimate of drug-likeness (QED) is 0.151. The lowest BCUT2D eigenvalue weighted by molar-refractivity contribution is -0.159. The Balaban J connectivity index is 2.01. The van der Waals surface area contributed by atoms with Crippen LogP contribution in [0, 0.1) is 5.41 Å². The average molecular weight is 422 g/mol. The van der Waals surface area contributed by atoms with E-state index in [0.29, 0.717) is 13.0 Å². The van der Waals surface area contributed by atoms with Gasteiger partial charge in [0.05, 0.1) is 6.04 Å². The highest BCUT2D eigenvalue weighted by molar-refractivity contribution is 5.80. The van der Waals surface area contributed by atoms with Crippen molar-refractivity contribution in [2.75, 3.05) is 19.3 Å². The number of carbonyl (C=O) groups excluding carboxylic acids is 1. The van der Waals surface area contributed by atoms with Crippen molar-refractivity contribution in [2.45, 2.75) is 37.3 Å². The van der Waals surface area contributed by atoms with Crippen LogP contribution < -0.4 is 28.2 Å². The van der Waals surface area contributed by atoms with Crippen LogP contribution in [0.3, 0.4) is 0 Å². The molecule has 13 nitrogen and oxygen atoms in total. The number of rotatable bonds is 8. The molecule has 30 heavy (non-hydrogen) atoms. The summed E-state index contributed by atoms with van der Waals surface area (Å²) in [5.74, 6) is -1.84. The summed E-state index contributed by atoms with van der Waals surface area (Å²) in [4.78, 5) is 40.9. The van der Waals surface area contributed by atoms with Crippen molar-refractivity contribution in [1.29, 1.82) is 5.41 Å². The predicted molar refractivity (Wildman–Crippen MR) is 107 cm³/mol. The van der Waals surface area contributed by atoms with Crippen LogP contribution >= 0.6 is 0 Å². The van der Waals surface area contributed by atoms with Gasteiger partial charge in [0.25, 0.3) is 0 Å². The van der Waals surface area contributed by atoms with Crippen molar-refractivity contribution in [3.05, 3.63) is 34.9 Å². The van der Waals surface area contributed by atoms with Crippen LogP contribution in [0.25, 0.3) is 0 Å². The number of carboxylic acids is 1. The maximum absolute atomic E-state index is 12.3. The molecule has 4 atom stereocenters. The minimum Gasteiger partial charge on any atom is -0.479 e. The maximum Gasteiger partial charge on any atom is 0.351 e. The second-order valence-electron chi connectivity index (χ2n) is 6.87. The van der Waals surface area contributed by atoms with Crippen LogP contribution in [0.2, 0.25) is 0 Å². The number of aliphatic carboxylic acids is 1. The van der Waals surface area contributed by atoms with E-state index in [1.54, 1.807) is 7.05 Å². The summed E-state index contributed by atoms with van der Waals surface area (Å²) in [5.41, 5.74) is 16.0. The number of nitrogen functional groups attached to an aromatic ring is 1. The van der Waals surface area contributed by atoms with Crippen molar-refractivity contribution in [2.24, 2.45) is 11.5 Å². The average Bonchev–Trinajstić information content (AvgIpc) is 2.66. The molecule has 13 heteroatoms. The molecule has 0 saturated heterocycles. The number of hydrogen-bond acceptors (Lipinski definition) is 8. The van der Waals surface area contributed by atoms with Gasteiger partial charge in [-0.3, -0.25) is 14.8 Å². The van der Waals surface area contributed by atoms with Crippen molar-refractivity contribution >= 4 is 23.7 Å². The van der Waals surface area contributed by atoms with Crippen molar-refractivity contribution < 1.29 is 19.4 Å². The molecule has 2 heterocycles. The number of guanidine groups is 1. The van der Waals surface area contributed by atoms with Crippen LogP contribution in [0.1, 0.15) is 19.1 Å². The van der Waals surface area contributed by atoms with Gasteiger partial charge in [-0.15, -0.1) is 0 Å². The van der Waals surface area contributed by atoms with Crippen LogP contribution in [0.5, 0.6) is 0 Å². The molecule has 2 rings (SSSR count). The Morgan fingerprint density at radius 3 is 2.77 bits per heavy atom. The Kier molecular flexibility index (Phi) is 7.49. The van der Waals surface area contributed by atoms with E-state index >= 15 is 0 Å². The lowest BCUT2D eigenvalue weighted by atomic mass is 10.1. The van der Waals surface area contributed by atoms with E-state index in [4.69, 9.17) is 27.3 Å². The van der Waals surface area contributed by atoms with Gasteiger partial charge in [-0.25, -0.2) is 9.59 Å². The molecule has 0 radical (unpaired) electrons. The number of aromatic nitrogens is 2. The summed E-state index contributed by atoms with van der Waals surface area (Å²) in [5, 5.41) is 19.4. The molecule has 1 aromatic heterocycles. The number of amides is 1. The molecule has 0 spiro atoms. The van der Waals surface area contributed by atoms with Crippen LogP contribution in [-0.2, 0) is 14.3 Å². The first-order valence-electron chi connectivity index (χ1n) is 9.10. The molecule has 1 aliphatic heterocycles. The normalized spacial score (nSPS) is 21.6. The van der Waals surface area contributed by atoms with Gasteiger partial charge in [0.15, 0.2) is 18.3 Å². The predicted octanol–water partition coefficient (Wildman–Crippen LogP) is -2.22. The fourth-order valence-electron chi connectivity index (χ4n) is 2.77. The first-order valence-corrected chi connectivity index (χ1v) is 9.10. The lowest BCUT2D eigenvalue weighted by Crippen LogP contribution is -2.51. The third kappa shape index (κ3) is 6.02. The van der Waals surface area contributed by atoms with E-state index in [9.17, 15) is 19.5 Å². The molecule has 0 saturated carbocycles. The highest BCUT2D eigenvalue weighted by Gasteiger charge is 2.35. The summed E-state index contributed by atoms with van der Waals surface area (Å²) in [7, 11) is 1.63. The fourth-order valence-corrected chi connectivity index (χ4v) is 2.77. The van der Waals surface area contributed by atoms with Gasteiger partial charge >= 0.3 is 11.7 Å². The van der Waals surface area contributed by atoms with Gasteiger partial charge in [0.2, 0.25) is 5.91 Å². The number of carbonyl (C=O) groups is 2. The molecule has 0 aromatic carbocycles. The first kappa shape index (κ1) is 22.8. The molecule has 164 valence electrons. The van der Waals surface area contributed by atoms with Crippen molar-refractivity contribution in [1.82, 2.24) is 19.8 Å². The zero-order chi connectivity index (χ0) is 22.4. The number of hydrogen-bond donors (Lipinski definition) is 6. The van der Waals surface area contributed by atoms with Gasteiger partial charge in [-0.05, 0) is 18.6 Å². The minimum atomic E-state index is -1.42. The summed E-state index contributed by atoms with van der Waals surface area (Å²) in [6.07, 6.45) is 2.17. The van der Waals surface area contributed by atoms with E-state index in [-0.39, 0.29) is 18.2 Å². The van der Waals surface area contributed by atoms with Crippen LogP contribution in [0.15, 0.2) is 29.2 Å². The molecule has 1 aliphatic rings. The molecule has 0 bridgehead atoms. The second-order valence-corrected chi connectivity index (χ2v) is 6.87. The van der Waals surface area contributed by atoms with E-state index in [0.717, 1.165) is 4.57 Å². The molecule has 0 fully saturated rings. The monoisotopic (exact) mass is 422 g/mol. The van der Waals surface area contributed by atoms with Crippen LogP contribution in [-0.4, -0.2) is 69.2 Å². The Bertz CT molecular complexity index is 885. The number of nitrogens with two attached hydrogens (primary N) is 3. The molecular weight excluding hydrogens is 396 g/mol. The van der Waals surface area contributed by atoms with Crippen LogP contribution in [0.4, 0.5) is 5.82 Å². The minimum absolute atomic E-state index is 0.0294. The van der Waals surface area contributed by atoms with Crippen molar-refractivity contribution in [3.63, 3.8) is 0 Å². The maximum atomic E-state index is 12.3. The summed E-state index contributed by atoms with van der Waals surface area (Å²) >= 11 is 0. The smallest absolute Gasteiger partial charge is 0.351 e.